The third-order valence-corrected chi connectivity index (χ3v) is 4.16. The number of benzene rings is 2. The summed E-state index contributed by atoms with van der Waals surface area (Å²) in [7, 11) is 0. The molecule has 2 aromatic rings. The van der Waals surface area contributed by atoms with Crippen molar-refractivity contribution in [3.63, 3.8) is 0 Å². The van der Waals surface area contributed by atoms with E-state index in [4.69, 9.17) is 4.74 Å². The number of hydrogen-bond acceptors (Lipinski definition) is 2. The number of urea groups is 1. The van der Waals surface area contributed by atoms with E-state index < -0.39 is 0 Å². The topological polar surface area (TPSA) is 41.6 Å². The second-order valence-corrected chi connectivity index (χ2v) is 6.41. The minimum absolute atomic E-state index is 0.00740. The number of rotatable bonds is 4. The maximum absolute atomic E-state index is 12.4. The number of nitrogens with zero attached hydrogens (tertiary/aromatic N) is 1. The number of hydrogen-bond donors (Lipinski definition) is 1. The summed E-state index contributed by atoms with van der Waals surface area (Å²) >= 11 is 0. The second kappa shape index (κ2) is 7.39. The first kappa shape index (κ1) is 16.4. The zero-order valence-electron chi connectivity index (χ0n) is 14.3. The van der Waals surface area contributed by atoms with Crippen molar-refractivity contribution in [3.8, 4) is 5.75 Å². The van der Waals surface area contributed by atoms with E-state index in [2.05, 4.69) is 23.5 Å². The van der Waals surface area contributed by atoms with Crippen LogP contribution in [0.1, 0.15) is 30.5 Å². The van der Waals surface area contributed by atoms with Gasteiger partial charge in [-0.25, -0.2) is 4.79 Å². The lowest BCUT2D eigenvalue weighted by molar-refractivity contribution is 0.192. The maximum atomic E-state index is 12.4. The highest BCUT2D eigenvalue weighted by molar-refractivity contribution is 5.74. The highest BCUT2D eigenvalue weighted by Gasteiger charge is 2.19. The summed E-state index contributed by atoms with van der Waals surface area (Å²) < 4.78 is 5.63. The quantitative estimate of drug-likeness (QED) is 0.931. The fraction of sp³-hybridized carbons (Fsp3) is 0.350. The Balaban J connectivity index is 1.53. The first-order valence-corrected chi connectivity index (χ1v) is 8.47. The monoisotopic (exact) mass is 324 g/mol. The molecule has 0 aliphatic carbocycles. The molecule has 0 spiro atoms. The van der Waals surface area contributed by atoms with Gasteiger partial charge in [0.1, 0.15) is 5.75 Å². The van der Waals surface area contributed by atoms with E-state index in [1.807, 2.05) is 49.1 Å². The van der Waals surface area contributed by atoms with Gasteiger partial charge in [0.2, 0.25) is 0 Å². The Morgan fingerprint density at radius 3 is 2.54 bits per heavy atom. The van der Waals surface area contributed by atoms with Gasteiger partial charge in [0.05, 0.1) is 6.10 Å². The fourth-order valence-electron chi connectivity index (χ4n) is 2.92. The summed E-state index contributed by atoms with van der Waals surface area (Å²) in [6.07, 6.45) is 1.09. The van der Waals surface area contributed by atoms with Gasteiger partial charge in [0.15, 0.2) is 0 Å². The molecule has 4 heteroatoms. The van der Waals surface area contributed by atoms with Gasteiger partial charge < -0.3 is 15.0 Å². The van der Waals surface area contributed by atoms with Gasteiger partial charge in [-0.15, -0.1) is 0 Å². The molecule has 0 fully saturated rings. The second-order valence-electron chi connectivity index (χ2n) is 6.41. The van der Waals surface area contributed by atoms with E-state index in [-0.39, 0.29) is 12.1 Å². The average molecular weight is 324 g/mol. The van der Waals surface area contributed by atoms with Gasteiger partial charge in [-0.1, -0.05) is 36.4 Å². The summed E-state index contributed by atoms with van der Waals surface area (Å²) in [5, 5.41) is 3.01. The molecule has 1 aliphatic heterocycles. The Bertz CT molecular complexity index is 695. The number of nitrogens with one attached hydrogen (secondary N) is 1. The summed E-state index contributed by atoms with van der Waals surface area (Å²) in [5.74, 6) is 0.854. The van der Waals surface area contributed by atoms with Gasteiger partial charge in [-0.3, -0.25) is 0 Å². The van der Waals surface area contributed by atoms with Crippen molar-refractivity contribution in [2.24, 2.45) is 0 Å². The van der Waals surface area contributed by atoms with Crippen LogP contribution >= 0.6 is 0 Å². The van der Waals surface area contributed by atoms with Crippen LogP contribution in [0.5, 0.6) is 5.75 Å². The van der Waals surface area contributed by atoms with Crippen molar-refractivity contribution in [2.45, 2.75) is 39.5 Å². The van der Waals surface area contributed by atoms with Crippen molar-refractivity contribution in [1.82, 2.24) is 10.2 Å². The predicted octanol–water partition coefficient (Wildman–Crippen LogP) is 3.74. The number of ether oxygens (including phenoxy) is 1. The fourth-order valence-corrected chi connectivity index (χ4v) is 2.92. The van der Waals surface area contributed by atoms with E-state index in [1.165, 1.54) is 11.1 Å². The zero-order valence-corrected chi connectivity index (χ0v) is 14.3. The molecule has 0 saturated heterocycles. The molecule has 0 aromatic heterocycles. The van der Waals surface area contributed by atoms with Crippen molar-refractivity contribution < 1.29 is 9.53 Å². The smallest absolute Gasteiger partial charge is 0.317 e. The minimum Gasteiger partial charge on any atom is -0.491 e. The van der Waals surface area contributed by atoms with Crippen LogP contribution in [0.15, 0.2) is 48.5 Å². The SMILES string of the molecule is CC(C)Oc1ccc(CNC(=O)N2CCc3ccccc3C2)cc1. The molecule has 0 saturated carbocycles. The molecule has 2 amide bonds. The molecule has 1 aliphatic rings. The molecule has 1 N–H and O–H groups in total. The molecule has 0 unspecified atom stereocenters. The Hall–Kier alpha value is -2.49. The van der Waals surface area contributed by atoms with Crippen LogP contribution in [-0.4, -0.2) is 23.6 Å². The van der Waals surface area contributed by atoms with Crippen molar-refractivity contribution in [3.05, 3.63) is 65.2 Å². The Labute approximate surface area is 143 Å². The lowest BCUT2D eigenvalue weighted by atomic mass is 10.0. The molecule has 2 aromatic carbocycles. The van der Waals surface area contributed by atoms with E-state index in [9.17, 15) is 4.79 Å². The third kappa shape index (κ3) is 4.07. The Morgan fingerprint density at radius 1 is 1.12 bits per heavy atom. The van der Waals surface area contributed by atoms with Crippen LogP contribution in [-0.2, 0) is 19.5 Å². The van der Waals surface area contributed by atoms with Gasteiger partial charge >= 0.3 is 6.03 Å². The van der Waals surface area contributed by atoms with E-state index >= 15 is 0 Å². The van der Waals surface area contributed by atoms with Crippen molar-refractivity contribution >= 4 is 6.03 Å². The lowest BCUT2D eigenvalue weighted by Crippen LogP contribution is -2.42. The van der Waals surface area contributed by atoms with Crippen LogP contribution < -0.4 is 10.1 Å². The maximum Gasteiger partial charge on any atom is 0.317 e. The van der Waals surface area contributed by atoms with Crippen molar-refractivity contribution in [1.29, 1.82) is 0 Å². The first-order valence-electron chi connectivity index (χ1n) is 8.47. The average Bonchev–Trinajstić information content (AvgIpc) is 2.60. The van der Waals surface area contributed by atoms with Crippen LogP contribution in [0.4, 0.5) is 4.79 Å². The van der Waals surface area contributed by atoms with Gasteiger partial charge in [-0.05, 0) is 49.1 Å². The number of carbonyl (C=O) groups excluding carboxylic acids is 1. The molecule has 126 valence electrons. The summed E-state index contributed by atoms with van der Waals surface area (Å²) in [6.45, 7) is 5.99. The molecule has 3 rings (SSSR count). The zero-order chi connectivity index (χ0) is 16.9. The van der Waals surface area contributed by atoms with Crippen LogP contribution in [0.2, 0.25) is 0 Å². The van der Waals surface area contributed by atoms with E-state index in [0.717, 1.165) is 24.3 Å². The predicted molar refractivity (Wildman–Crippen MR) is 95.0 cm³/mol. The summed E-state index contributed by atoms with van der Waals surface area (Å²) in [4.78, 5) is 14.3. The molecular weight excluding hydrogens is 300 g/mol. The number of carbonyl (C=O) groups is 1. The molecule has 0 atom stereocenters. The Morgan fingerprint density at radius 2 is 1.83 bits per heavy atom. The first-order chi connectivity index (χ1) is 11.6. The van der Waals surface area contributed by atoms with E-state index in [0.29, 0.717) is 13.1 Å². The molecule has 4 nitrogen and oxygen atoms in total. The highest BCUT2D eigenvalue weighted by Crippen LogP contribution is 2.18. The van der Waals surface area contributed by atoms with Gasteiger partial charge in [0.25, 0.3) is 0 Å². The standard InChI is InChI=1S/C20H24N2O2/c1-15(2)24-19-9-7-16(8-10-19)13-21-20(23)22-12-11-17-5-3-4-6-18(17)14-22/h3-10,15H,11-14H2,1-2H3,(H,21,23). The number of amides is 2. The Kier molecular flexibility index (Phi) is 5.04. The normalized spacial score (nSPS) is 13.5. The summed E-state index contributed by atoms with van der Waals surface area (Å²) in [5.41, 5.74) is 3.66. The van der Waals surface area contributed by atoms with Crippen molar-refractivity contribution in [2.75, 3.05) is 6.54 Å². The third-order valence-electron chi connectivity index (χ3n) is 4.16. The van der Waals surface area contributed by atoms with E-state index in [1.54, 1.807) is 0 Å². The van der Waals surface area contributed by atoms with Gasteiger partial charge in [0, 0.05) is 19.6 Å². The molecule has 24 heavy (non-hydrogen) atoms. The largest absolute Gasteiger partial charge is 0.491 e. The summed E-state index contributed by atoms with van der Waals surface area (Å²) in [6, 6.07) is 16.2. The van der Waals surface area contributed by atoms with Gasteiger partial charge in [-0.2, -0.15) is 0 Å². The molecular formula is C20H24N2O2. The molecule has 0 radical (unpaired) electrons. The van der Waals surface area contributed by atoms with Crippen LogP contribution in [0.3, 0.4) is 0 Å². The van der Waals surface area contributed by atoms with Crippen LogP contribution in [0.25, 0.3) is 0 Å². The minimum atomic E-state index is -0.00740. The highest BCUT2D eigenvalue weighted by atomic mass is 16.5. The molecule has 0 bridgehead atoms. The lowest BCUT2D eigenvalue weighted by Gasteiger charge is -2.29. The number of fused-ring (bicyclic) bond motifs is 1. The molecule has 1 heterocycles. The van der Waals surface area contributed by atoms with Crippen LogP contribution in [0, 0.1) is 0 Å².